The van der Waals surface area contributed by atoms with Crippen LogP contribution in [0.3, 0.4) is 0 Å². The number of aryl methyl sites for hydroxylation is 1. The first-order valence-electron chi connectivity index (χ1n) is 9.38. The van der Waals surface area contributed by atoms with Crippen molar-refractivity contribution < 1.29 is 14.3 Å². The SMILES string of the molecule is CC(=O)NC[C@H]1CN(c2ccc(-c3ccc([N-]N/N=C(/C)N)nc3)cc2C)C(=O)O1. The molecule has 2 heterocycles. The van der Waals surface area contributed by atoms with Crippen molar-refractivity contribution in [2.45, 2.75) is 26.9 Å². The monoisotopic (exact) mass is 410 g/mol. The standard InChI is InChI=1S/C20H25N7O3/c1-12-8-15(16-5-7-19(23-9-16)25-26-24-13(2)21)4-6-18(12)27-11-17(30-20(27)29)10-22-14(3)28/h4-9,17,26H,10-11H2,1-3H3,(H4,21,22,23,24,25,28)/p-1/t17-/m0/s1. The van der Waals surface area contributed by atoms with Gasteiger partial charge in [-0.3, -0.25) is 15.2 Å². The van der Waals surface area contributed by atoms with E-state index in [1.165, 1.54) is 6.92 Å². The molecule has 1 aromatic carbocycles. The predicted octanol–water partition coefficient (Wildman–Crippen LogP) is 2.32. The fourth-order valence-corrected chi connectivity index (χ4v) is 3.00. The van der Waals surface area contributed by atoms with Crippen LogP contribution in [0.2, 0.25) is 0 Å². The third-order valence-electron chi connectivity index (χ3n) is 4.41. The van der Waals surface area contributed by atoms with E-state index in [4.69, 9.17) is 10.5 Å². The Labute approximate surface area is 174 Å². The number of hydrogen-bond acceptors (Lipinski definition) is 6. The summed E-state index contributed by atoms with van der Waals surface area (Å²) in [4.78, 5) is 29.2. The number of amides is 2. The van der Waals surface area contributed by atoms with Gasteiger partial charge >= 0.3 is 6.09 Å². The molecule has 0 aliphatic carbocycles. The number of rotatable bonds is 7. The second-order valence-electron chi connectivity index (χ2n) is 6.92. The highest BCUT2D eigenvalue weighted by atomic mass is 16.6. The van der Waals surface area contributed by atoms with Crippen molar-refractivity contribution >= 4 is 29.3 Å². The van der Waals surface area contributed by atoms with E-state index < -0.39 is 6.09 Å². The van der Waals surface area contributed by atoms with E-state index in [2.05, 4.69) is 26.4 Å². The zero-order chi connectivity index (χ0) is 21.7. The molecule has 0 saturated carbocycles. The Morgan fingerprint density at radius 2 is 2.10 bits per heavy atom. The molecule has 0 bridgehead atoms. The minimum Gasteiger partial charge on any atom is -0.442 e. The van der Waals surface area contributed by atoms with Crippen molar-refractivity contribution in [2.24, 2.45) is 10.8 Å². The summed E-state index contributed by atoms with van der Waals surface area (Å²) >= 11 is 0. The average Bonchev–Trinajstić information content (AvgIpc) is 3.07. The number of nitrogens with zero attached hydrogens (tertiary/aromatic N) is 4. The fraction of sp³-hybridized carbons (Fsp3) is 0.300. The molecule has 2 aromatic rings. The van der Waals surface area contributed by atoms with Crippen molar-refractivity contribution in [2.75, 3.05) is 18.0 Å². The predicted molar refractivity (Wildman–Crippen MR) is 114 cm³/mol. The minimum absolute atomic E-state index is 0.157. The van der Waals surface area contributed by atoms with Gasteiger partial charge in [-0.05, 0) is 48.5 Å². The van der Waals surface area contributed by atoms with Crippen LogP contribution in [-0.2, 0) is 9.53 Å². The third-order valence-corrected chi connectivity index (χ3v) is 4.41. The lowest BCUT2D eigenvalue weighted by atomic mass is 10.0. The fourth-order valence-electron chi connectivity index (χ4n) is 3.00. The number of nitrogens with two attached hydrogens (primary N) is 1. The number of cyclic esters (lactones) is 1. The molecule has 10 heteroatoms. The highest BCUT2D eigenvalue weighted by Crippen LogP contribution is 2.30. The Morgan fingerprint density at radius 3 is 2.73 bits per heavy atom. The molecule has 0 radical (unpaired) electrons. The smallest absolute Gasteiger partial charge is 0.414 e. The molecule has 1 aliphatic rings. The van der Waals surface area contributed by atoms with Gasteiger partial charge in [-0.15, -0.1) is 0 Å². The van der Waals surface area contributed by atoms with Crippen LogP contribution in [0, 0.1) is 6.92 Å². The number of benzene rings is 1. The van der Waals surface area contributed by atoms with Crippen molar-refractivity contribution in [1.29, 1.82) is 0 Å². The molecule has 1 atom stereocenters. The number of hydrogen-bond donors (Lipinski definition) is 3. The molecule has 158 valence electrons. The number of pyridine rings is 1. The van der Waals surface area contributed by atoms with E-state index in [0.29, 0.717) is 24.7 Å². The lowest BCUT2D eigenvalue weighted by Crippen LogP contribution is -2.33. The van der Waals surface area contributed by atoms with Crippen molar-refractivity contribution in [1.82, 2.24) is 15.8 Å². The van der Waals surface area contributed by atoms with Gasteiger partial charge in [0.2, 0.25) is 5.91 Å². The molecule has 0 unspecified atom stereocenters. The highest BCUT2D eigenvalue weighted by molar-refractivity contribution is 5.91. The van der Waals surface area contributed by atoms with Gasteiger partial charge in [-0.1, -0.05) is 24.4 Å². The third kappa shape index (κ3) is 5.16. The normalized spacial score (nSPS) is 16.2. The first-order valence-corrected chi connectivity index (χ1v) is 9.38. The van der Waals surface area contributed by atoms with Crippen LogP contribution in [0.4, 0.5) is 16.3 Å². The Kier molecular flexibility index (Phi) is 6.35. The van der Waals surface area contributed by atoms with Crippen molar-refractivity contribution in [3.05, 3.63) is 47.5 Å². The Bertz CT molecular complexity index is 955. The summed E-state index contributed by atoms with van der Waals surface area (Å²) in [6.07, 6.45) is 0.917. The zero-order valence-electron chi connectivity index (χ0n) is 17.0. The molecule has 3 rings (SSSR count). The van der Waals surface area contributed by atoms with E-state index >= 15 is 0 Å². The number of aromatic nitrogens is 1. The quantitative estimate of drug-likeness (QED) is 0.364. The molecule has 1 saturated heterocycles. The van der Waals surface area contributed by atoms with E-state index in [9.17, 15) is 9.59 Å². The van der Waals surface area contributed by atoms with Gasteiger partial charge in [0.25, 0.3) is 0 Å². The van der Waals surface area contributed by atoms with Crippen molar-refractivity contribution in [3.63, 3.8) is 0 Å². The van der Waals surface area contributed by atoms with E-state index in [1.54, 1.807) is 24.1 Å². The molecule has 0 spiro atoms. The summed E-state index contributed by atoms with van der Waals surface area (Å²) in [5.41, 5.74) is 15.5. The number of amidine groups is 1. The Morgan fingerprint density at radius 1 is 1.33 bits per heavy atom. The highest BCUT2D eigenvalue weighted by Gasteiger charge is 2.33. The largest absolute Gasteiger partial charge is 0.442 e. The summed E-state index contributed by atoms with van der Waals surface area (Å²) in [6.45, 7) is 5.69. The minimum atomic E-state index is -0.420. The van der Waals surface area contributed by atoms with Crippen LogP contribution >= 0.6 is 0 Å². The summed E-state index contributed by atoms with van der Waals surface area (Å²) in [5, 5.41) is 6.44. The molecule has 4 N–H and O–H groups in total. The maximum Gasteiger partial charge on any atom is 0.414 e. The molecule has 1 aromatic heterocycles. The van der Waals surface area contributed by atoms with Gasteiger partial charge in [0, 0.05) is 6.92 Å². The van der Waals surface area contributed by atoms with Gasteiger partial charge in [0.15, 0.2) is 0 Å². The summed E-state index contributed by atoms with van der Waals surface area (Å²) in [7, 11) is 0. The molecule has 1 fully saturated rings. The first-order chi connectivity index (χ1) is 14.3. The lowest BCUT2D eigenvalue weighted by Gasteiger charge is -2.18. The van der Waals surface area contributed by atoms with Crippen LogP contribution in [0.15, 0.2) is 41.6 Å². The second-order valence-corrected chi connectivity index (χ2v) is 6.92. The lowest BCUT2D eigenvalue weighted by molar-refractivity contribution is -0.119. The van der Waals surface area contributed by atoms with E-state index in [1.807, 2.05) is 31.2 Å². The summed E-state index contributed by atoms with van der Waals surface area (Å²) < 4.78 is 5.34. The summed E-state index contributed by atoms with van der Waals surface area (Å²) in [6, 6.07) is 9.44. The maximum absolute atomic E-state index is 12.3. The van der Waals surface area contributed by atoms with Gasteiger partial charge in [-0.2, -0.15) is 5.10 Å². The number of nitrogens with one attached hydrogen (secondary N) is 2. The van der Waals surface area contributed by atoms with Crippen molar-refractivity contribution in [3.8, 4) is 11.1 Å². The molecule has 1 aliphatic heterocycles. The first kappa shape index (κ1) is 20.9. The number of ether oxygens (including phenoxy) is 1. The second kappa shape index (κ2) is 9.12. The average molecular weight is 410 g/mol. The van der Waals surface area contributed by atoms with Gasteiger partial charge in [0.1, 0.15) is 11.9 Å². The van der Waals surface area contributed by atoms with Crippen LogP contribution in [0.25, 0.3) is 16.6 Å². The van der Waals surface area contributed by atoms with E-state index in [0.717, 1.165) is 22.4 Å². The Hall–Kier alpha value is -3.82. The Balaban J connectivity index is 1.69. The van der Waals surface area contributed by atoms with Gasteiger partial charge in [0.05, 0.1) is 18.8 Å². The molecule has 10 nitrogen and oxygen atoms in total. The number of hydrazone groups is 1. The van der Waals surface area contributed by atoms with Gasteiger partial charge in [-0.25, -0.2) is 4.79 Å². The molecular formula is C20H24N7O3-. The zero-order valence-corrected chi connectivity index (χ0v) is 17.0. The summed E-state index contributed by atoms with van der Waals surface area (Å²) in [5.74, 6) is 0.687. The van der Waals surface area contributed by atoms with Crippen LogP contribution in [0.1, 0.15) is 19.4 Å². The van der Waals surface area contributed by atoms with Gasteiger partial charge < -0.3 is 26.2 Å². The topological polar surface area (TPSA) is 136 Å². The molecular weight excluding hydrogens is 386 g/mol. The van der Waals surface area contributed by atoms with Crippen LogP contribution in [0.5, 0.6) is 0 Å². The number of carbonyl (C=O) groups excluding carboxylic acids is 2. The maximum atomic E-state index is 12.3. The molecule has 2 amide bonds. The van der Waals surface area contributed by atoms with E-state index in [-0.39, 0.29) is 12.0 Å². The number of carbonyl (C=O) groups is 2. The molecule has 30 heavy (non-hydrogen) atoms. The van der Waals surface area contributed by atoms with Crippen LogP contribution in [-0.4, -0.2) is 42.0 Å². The van der Waals surface area contributed by atoms with Crippen LogP contribution < -0.4 is 21.5 Å². The number of anilines is 1.